The van der Waals surface area contributed by atoms with E-state index < -0.39 is 28.4 Å². The van der Waals surface area contributed by atoms with Crippen LogP contribution in [0, 0.1) is 28.6 Å². The number of alkyl halides is 1. The molecule has 0 saturated heterocycles. The molecule has 0 heterocycles. The Morgan fingerprint density at radius 2 is 1.14 bits per heavy atom. The van der Waals surface area contributed by atoms with Crippen molar-refractivity contribution in [3.05, 3.63) is 35.9 Å². The van der Waals surface area contributed by atoms with Gasteiger partial charge in [-0.2, -0.15) is 5.06 Å². The number of likely N-dealkylation sites (N-methyl/N-ethyl adjacent to an activating group) is 1. The summed E-state index contributed by atoms with van der Waals surface area (Å²) in [5.41, 5.74) is -0.424. The second-order valence-corrected chi connectivity index (χ2v) is 16.4. The number of hydrogen-bond acceptors (Lipinski definition) is 5. The summed E-state index contributed by atoms with van der Waals surface area (Å²) in [6.45, 7) is 18.9. The van der Waals surface area contributed by atoms with E-state index in [0.717, 1.165) is 5.56 Å². The van der Waals surface area contributed by atoms with Crippen LogP contribution in [0.3, 0.4) is 0 Å². The maximum absolute atomic E-state index is 13.9. The Morgan fingerprint density at radius 1 is 0.705 bits per heavy atom. The first-order valence-corrected chi connectivity index (χ1v) is 17.2. The number of benzene rings is 1. The minimum atomic E-state index is -0.825. The van der Waals surface area contributed by atoms with Crippen LogP contribution in [-0.2, 0) is 19.2 Å². The Hall–Kier alpha value is -1.72. The average molecular weight is 729 g/mol. The van der Waals surface area contributed by atoms with Crippen LogP contribution in [0.5, 0.6) is 0 Å². The van der Waals surface area contributed by atoms with E-state index in [-0.39, 0.29) is 35.6 Å². The Bertz CT molecular complexity index is 1080. The molecule has 0 radical (unpaired) electrons. The van der Waals surface area contributed by atoms with E-state index in [4.69, 9.17) is 4.84 Å². The molecule has 4 unspecified atom stereocenters. The van der Waals surface area contributed by atoms with Gasteiger partial charge in [0.2, 0.25) is 11.8 Å². The molecule has 0 aliphatic carbocycles. The Balaban J connectivity index is 3.68. The van der Waals surface area contributed by atoms with Crippen LogP contribution >= 0.6 is 22.6 Å². The number of halogens is 1. The number of nitrogens with zero attached hydrogens (tertiary/aromatic N) is 4. The molecule has 0 fully saturated rings. The van der Waals surface area contributed by atoms with Gasteiger partial charge in [0.15, 0.2) is 6.10 Å². The molecule has 0 aliphatic rings. The fraction of sp³-hybridized carbons (Fsp3) is 0.743. The third-order valence-corrected chi connectivity index (χ3v) is 9.48. The van der Waals surface area contributed by atoms with Crippen molar-refractivity contribution in [2.24, 2.45) is 28.6 Å². The third-order valence-electron chi connectivity index (χ3n) is 8.60. The van der Waals surface area contributed by atoms with Gasteiger partial charge in [0.1, 0.15) is 0 Å². The van der Waals surface area contributed by atoms with Crippen LogP contribution < -0.4 is 0 Å². The number of amides is 3. The molecule has 0 N–H and O–H groups in total. The summed E-state index contributed by atoms with van der Waals surface area (Å²) in [5, 5.41) is 1.99. The molecule has 0 aliphatic heterocycles. The van der Waals surface area contributed by atoms with Gasteiger partial charge < -0.3 is 14.7 Å². The SMILES string of the molecule is CC(C)C(c1ccccc1)N(OC(CC(C)(C)C(CC(C)(C)C(CI)C(=O)N(C)C)C(=O)N(C)C)C(=O)N(C)C)C(C)(C)C. The van der Waals surface area contributed by atoms with Crippen molar-refractivity contribution >= 4 is 40.3 Å². The van der Waals surface area contributed by atoms with E-state index in [2.05, 4.69) is 97.0 Å². The molecule has 0 aromatic heterocycles. The highest BCUT2D eigenvalue weighted by Gasteiger charge is 2.47. The highest BCUT2D eigenvalue weighted by molar-refractivity contribution is 14.1. The minimum Gasteiger partial charge on any atom is -0.349 e. The summed E-state index contributed by atoms with van der Waals surface area (Å²) in [5.74, 6) is -0.610. The molecule has 44 heavy (non-hydrogen) atoms. The number of rotatable bonds is 15. The zero-order valence-electron chi connectivity index (χ0n) is 30.2. The van der Waals surface area contributed by atoms with Gasteiger partial charge in [-0.1, -0.05) is 94.5 Å². The number of carbonyl (C=O) groups excluding carboxylic acids is 3. The van der Waals surface area contributed by atoms with Crippen LogP contribution in [-0.4, -0.2) is 95.8 Å². The molecule has 4 atom stereocenters. The second kappa shape index (κ2) is 16.2. The lowest BCUT2D eigenvalue weighted by Gasteiger charge is -2.46. The minimum absolute atomic E-state index is 0.0133. The Kier molecular flexibility index (Phi) is 14.8. The fourth-order valence-electron chi connectivity index (χ4n) is 5.90. The molecule has 0 bridgehead atoms. The Morgan fingerprint density at radius 3 is 1.52 bits per heavy atom. The predicted molar refractivity (Wildman–Crippen MR) is 189 cm³/mol. The van der Waals surface area contributed by atoms with Crippen molar-refractivity contribution in [1.82, 2.24) is 19.8 Å². The predicted octanol–water partition coefficient (Wildman–Crippen LogP) is 6.55. The van der Waals surface area contributed by atoms with E-state index in [9.17, 15) is 14.4 Å². The molecule has 1 rings (SSSR count). The standard InChI is InChI=1S/C35H61IN4O4/c1-24(2)29(25-19-17-16-18-20-25)40(33(3,4)5)44-28(32(43)39(14)15)22-35(8,9)26(30(41)37(10)11)21-34(6,7)27(23-36)31(42)38(12)13/h16-20,24,26-29H,21-23H2,1-15H3. The second-order valence-electron chi connectivity index (χ2n) is 15.5. The smallest absolute Gasteiger partial charge is 0.253 e. The molecule has 1 aromatic rings. The lowest BCUT2D eigenvalue weighted by atomic mass is 9.64. The van der Waals surface area contributed by atoms with Crippen molar-refractivity contribution < 1.29 is 19.2 Å². The van der Waals surface area contributed by atoms with Gasteiger partial charge >= 0.3 is 0 Å². The monoisotopic (exact) mass is 728 g/mol. The quantitative estimate of drug-likeness (QED) is 0.117. The molecule has 1 aromatic carbocycles. The maximum atomic E-state index is 13.9. The van der Waals surface area contributed by atoms with Crippen LogP contribution in [0.15, 0.2) is 30.3 Å². The normalized spacial score (nSPS) is 15.5. The lowest BCUT2D eigenvalue weighted by molar-refractivity contribution is -0.275. The molecule has 3 amide bonds. The maximum Gasteiger partial charge on any atom is 0.253 e. The third kappa shape index (κ3) is 10.7. The number of hydroxylamine groups is 2. The summed E-state index contributed by atoms with van der Waals surface area (Å²) in [7, 11) is 10.6. The van der Waals surface area contributed by atoms with Gasteiger partial charge in [0, 0.05) is 58.2 Å². The first-order valence-electron chi connectivity index (χ1n) is 15.7. The number of carbonyl (C=O) groups is 3. The molecular weight excluding hydrogens is 667 g/mol. The van der Waals surface area contributed by atoms with E-state index in [1.54, 1.807) is 57.0 Å². The van der Waals surface area contributed by atoms with E-state index >= 15 is 0 Å². The van der Waals surface area contributed by atoms with Crippen molar-refractivity contribution in [1.29, 1.82) is 0 Å². The van der Waals surface area contributed by atoms with Crippen LogP contribution in [0.4, 0.5) is 0 Å². The summed E-state index contributed by atoms with van der Waals surface area (Å²) in [6, 6.07) is 10.2. The highest BCUT2D eigenvalue weighted by Crippen LogP contribution is 2.45. The van der Waals surface area contributed by atoms with Crippen LogP contribution in [0.1, 0.15) is 86.8 Å². The van der Waals surface area contributed by atoms with Crippen molar-refractivity contribution in [3.8, 4) is 0 Å². The molecule has 9 heteroatoms. The topological polar surface area (TPSA) is 73.4 Å². The van der Waals surface area contributed by atoms with Crippen LogP contribution in [0.25, 0.3) is 0 Å². The largest absolute Gasteiger partial charge is 0.349 e. The zero-order chi connectivity index (χ0) is 34.4. The van der Waals surface area contributed by atoms with Gasteiger partial charge in [0.25, 0.3) is 5.91 Å². The fourth-order valence-corrected chi connectivity index (χ4v) is 7.46. The lowest BCUT2D eigenvalue weighted by Crippen LogP contribution is -2.52. The first-order chi connectivity index (χ1) is 20.0. The first kappa shape index (κ1) is 40.3. The van der Waals surface area contributed by atoms with Crippen molar-refractivity contribution in [2.45, 2.75) is 92.8 Å². The van der Waals surface area contributed by atoms with Gasteiger partial charge in [-0.05, 0) is 55.9 Å². The summed E-state index contributed by atoms with van der Waals surface area (Å²) < 4.78 is 0.645. The van der Waals surface area contributed by atoms with Gasteiger partial charge in [-0.3, -0.25) is 19.2 Å². The van der Waals surface area contributed by atoms with E-state index in [1.165, 1.54) is 0 Å². The zero-order valence-corrected chi connectivity index (χ0v) is 32.4. The average Bonchev–Trinajstić information content (AvgIpc) is 2.89. The molecule has 252 valence electrons. The van der Waals surface area contributed by atoms with Gasteiger partial charge in [-0.15, -0.1) is 0 Å². The summed E-state index contributed by atoms with van der Waals surface area (Å²) in [4.78, 5) is 52.7. The van der Waals surface area contributed by atoms with Crippen molar-refractivity contribution in [3.63, 3.8) is 0 Å². The van der Waals surface area contributed by atoms with Gasteiger partial charge in [0.05, 0.1) is 12.0 Å². The molecular formula is C35H61IN4O4. The van der Waals surface area contributed by atoms with Crippen molar-refractivity contribution in [2.75, 3.05) is 46.7 Å². The highest BCUT2D eigenvalue weighted by atomic mass is 127. The summed E-state index contributed by atoms with van der Waals surface area (Å²) >= 11 is 2.28. The van der Waals surface area contributed by atoms with E-state index in [1.807, 2.05) is 23.3 Å². The number of hydrogen-bond donors (Lipinski definition) is 0. The molecule has 0 saturated carbocycles. The molecule has 8 nitrogen and oxygen atoms in total. The summed E-state index contributed by atoms with van der Waals surface area (Å²) in [6.07, 6.45) is -0.00419. The van der Waals surface area contributed by atoms with Crippen LogP contribution in [0.2, 0.25) is 0 Å². The van der Waals surface area contributed by atoms with E-state index in [0.29, 0.717) is 17.3 Å². The Labute approximate surface area is 282 Å². The molecule has 0 spiro atoms. The van der Waals surface area contributed by atoms with Gasteiger partial charge in [-0.25, -0.2) is 0 Å².